The van der Waals surface area contributed by atoms with Gasteiger partial charge in [-0.1, -0.05) is 79.4 Å². The van der Waals surface area contributed by atoms with Crippen LogP contribution in [0.15, 0.2) is 86.9 Å². The van der Waals surface area contributed by atoms with Gasteiger partial charge in [0, 0.05) is 17.5 Å². The summed E-state index contributed by atoms with van der Waals surface area (Å²) in [5, 5.41) is 0.681. The minimum atomic E-state index is -3.97. The smallest absolute Gasteiger partial charge is 0.336 e. The van der Waals surface area contributed by atoms with Gasteiger partial charge >= 0.3 is 11.6 Å². The van der Waals surface area contributed by atoms with E-state index in [4.69, 9.17) is 20.8 Å². The number of ether oxygens (including phenoxy) is 1. The highest BCUT2D eigenvalue weighted by Crippen LogP contribution is 2.35. The second-order valence-electron chi connectivity index (χ2n) is 8.67. The molecule has 0 radical (unpaired) electrons. The molecule has 1 N–H and O–H groups in total. The molecule has 4 rings (SSSR count). The Morgan fingerprint density at radius 3 is 2.43 bits per heavy atom. The van der Waals surface area contributed by atoms with Gasteiger partial charge in [-0.15, -0.1) is 0 Å². The van der Waals surface area contributed by atoms with Gasteiger partial charge in [-0.25, -0.2) is 18.0 Å². The van der Waals surface area contributed by atoms with Crippen molar-refractivity contribution in [2.45, 2.75) is 44.0 Å². The molecule has 1 atom stereocenters. The van der Waals surface area contributed by atoms with Crippen LogP contribution in [0, 0.1) is 6.92 Å². The molecule has 7 nitrogen and oxygen atoms in total. The Balaban J connectivity index is 1.65. The maximum absolute atomic E-state index is 13.1. The summed E-state index contributed by atoms with van der Waals surface area (Å²) in [5.74, 6) is -0.851. The number of carbonyl (C=O) groups excluding carboxylic acids is 1. The number of aryl methyl sites for hydroxylation is 1. The Kier molecular flexibility index (Phi) is 8.12. The summed E-state index contributed by atoms with van der Waals surface area (Å²) in [6.07, 6.45) is 1.58. The lowest BCUT2D eigenvalue weighted by Gasteiger charge is -2.18. The molecule has 0 aliphatic heterocycles. The fraction of sp³-hybridized carbons (Fsp3) is 0.214. The fourth-order valence-corrected chi connectivity index (χ4v) is 5.30. The normalized spacial score (nSPS) is 12.4. The highest BCUT2D eigenvalue weighted by atomic mass is 35.5. The van der Waals surface area contributed by atoms with Gasteiger partial charge in [-0.2, -0.15) is 4.72 Å². The summed E-state index contributed by atoms with van der Waals surface area (Å²) in [6.45, 7) is 3.78. The second-order valence-corrected chi connectivity index (χ2v) is 10.8. The van der Waals surface area contributed by atoms with E-state index in [2.05, 4.69) is 4.72 Å². The number of nitrogens with one attached hydrogen (secondary N) is 1. The Morgan fingerprint density at radius 1 is 1.05 bits per heavy atom. The summed E-state index contributed by atoms with van der Waals surface area (Å²) in [7, 11) is -3.97. The number of fused-ring (bicyclic) bond motifs is 1. The van der Waals surface area contributed by atoms with Gasteiger partial charge in [0.1, 0.15) is 11.6 Å². The van der Waals surface area contributed by atoms with E-state index in [1.807, 2.05) is 44.2 Å². The number of hydrogen-bond acceptors (Lipinski definition) is 6. The molecular weight excluding hydrogens is 514 g/mol. The number of carbonyl (C=O) groups is 1. The summed E-state index contributed by atoms with van der Waals surface area (Å²) in [4.78, 5) is 25.4. The van der Waals surface area contributed by atoms with Gasteiger partial charge in [0.05, 0.1) is 9.92 Å². The molecule has 3 aromatic carbocycles. The molecule has 0 aliphatic carbocycles. The third-order valence-corrected chi connectivity index (χ3v) is 7.63. The van der Waals surface area contributed by atoms with E-state index >= 15 is 0 Å². The maximum atomic E-state index is 13.1. The van der Waals surface area contributed by atoms with Crippen LogP contribution in [-0.2, 0) is 14.8 Å². The third kappa shape index (κ3) is 6.28. The fourth-order valence-electron chi connectivity index (χ4n) is 3.88. The first-order valence-electron chi connectivity index (χ1n) is 11.8. The average Bonchev–Trinajstić information content (AvgIpc) is 2.87. The number of hydrogen-bond donors (Lipinski definition) is 1. The molecule has 4 aromatic rings. The van der Waals surface area contributed by atoms with Crippen LogP contribution in [0.25, 0.3) is 22.1 Å². The van der Waals surface area contributed by atoms with Gasteiger partial charge < -0.3 is 9.15 Å². The molecule has 37 heavy (non-hydrogen) atoms. The van der Waals surface area contributed by atoms with Crippen molar-refractivity contribution in [1.29, 1.82) is 0 Å². The molecule has 0 saturated heterocycles. The van der Waals surface area contributed by atoms with Crippen LogP contribution in [0.1, 0.15) is 31.7 Å². The Bertz CT molecular complexity index is 1580. The monoisotopic (exact) mass is 539 g/mol. The summed E-state index contributed by atoms with van der Waals surface area (Å²) in [5.41, 5.74) is 1.94. The van der Waals surface area contributed by atoms with Crippen molar-refractivity contribution in [1.82, 2.24) is 4.72 Å². The Labute approximate surface area is 220 Å². The number of esters is 1. The molecule has 1 aromatic heterocycles. The first kappa shape index (κ1) is 26.6. The molecule has 9 heteroatoms. The van der Waals surface area contributed by atoms with Gasteiger partial charge in [0.25, 0.3) is 0 Å². The SMILES string of the molecule is CCCC[C@@H](NS(=O)(=O)c1ccc(C)cc1)C(=O)Oc1cc2oc(=O)cc(-c3ccccc3)c2cc1Cl. The van der Waals surface area contributed by atoms with Crippen molar-refractivity contribution in [3.05, 3.63) is 93.8 Å². The van der Waals surface area contributed by atoms with Crippen LogP contribution < -0.4 is 15.1 Å². The van der Waals surface area contributed by atoms with Crippen molar-refractivity contribution in [3.8, 4) is 16.9 Å². The summed E-state index contributed by atoms with van der Waals surface area (Å²) in [6, 6.07) is 18.8. The lowest BCUT2D eigenvalue weighted by Crippen LogP contribution is -2.43. The quantitative estimate of drug-likeness (QED) is 0.162. The summed E-state index contributed by atoms with van der Waals surface area (Å²) >= 11 is 6.46. The van der Waals surface area contributed by atoms with E-state index in [-0.39, 0.29) is 27.7 Å². The number of benzene rings is 3. The topological polar surface area (TPSA) is 103 Å². The van der Waals surface area contributed by atoms with Gasteiger partial charge in [-0.05, 0) is 42.7 Å². The zero-order valence-corrected chi connectivity index (χ0v) is 21.9. The Morgan fingerprint density at radius 2 is 1.76 bits per heavy atom. The second kappa shape index (κ2) is 11.3. The third-order valence-electron chi connectivity index (χ3n) is 5.85. The van der Waals surface area contributed by atoms with Crippen LogP contribution in [0.2, 0.25) is 5.02 Å². The molecule has 0 bridgehead atoms. The highest BCUT2D eigenvalue weighted by Gasteiger charge is 2.28. The highest BCUT2D eigenvalue weighted by molar-refractivity contribution is 7.89. The van der Waals surface area contributed by atoms with Crippen molar-refractivity contribution >= 4 is 38.6 Å². The lowest BCUT2D eigenvalue weighted by molar-refractivity contribution is -0.136. The lowest BCUT2D eigenvalue weighted by atomic mass is 10.0. The van der Waals surface area contributed by atoms with Gasteiger partial charge in [-0.3, -0.25) is 0 Å². The predicted octanol–water partition coefficient (Wildman–Crippen LogP) is 5.86. The minimum absolute atomic E-state index is 0.0384. The molecule has 0 fully saturated rings. The van der Waals surface area contributed by atoms with Crippen molar-refractivity contribution in [2.75, 3.05) is 0 Å². The van der Waals surface area contributed by atoms with Crippen LogP contribution in [0.5, 0.6) is 5.75 Å². The largest absolute Gasteiger partial charge is 0.424 e. The number of rotatable bonds is 9. The first-order valence-corrected chi connectivity index (χ1v) is 13.7. The van der Waals surface area contributed by atoms with Gasteiger partial charge in [0.2, 0.25) is 10.0 Å². The van der Waals surface area contributed by atoms with Crippen LogP contribution in [-0.4, -0.2) is 20.4 Å². The molecule has 1 heterocycles. The van der Waals surface area contributed by atoms with Crippen molar-refractivity contribution in [2.24, 2.45) is 0 Å². The zero-order valence-electron chi connectivity index (χ0n) is 20.4. The Hall–Kier alpha value is -3.46. The average molecular weight is 540 g/mol. The van der Waals surface area contributed by atoms with Crippen LogP contribution in [0.4, 0.5) is 0 Å². The van der Waals surface area contributed by atoms with E-state index < -0.39 is 27.7 Å². The summed E-state index contributed by atoms with van der Waals surface area (Å²) < 4.78 is 39.2. The van der Waals surface area contributed by atoms with Crippen molar-refractivity contribution in [3.63, 3.8) is 0 Å². The number of halogens is 1. The van der Waals surface area contributed by atoms with E-state index in [0.717, 1.165) is 17.5 Å². The standard InChI is InChI=1S/C28H26ClNO6S/c1-3-4-10-24(30-37(33,34)20-13-11-18(2)12-14-20)28(32)36-26-17-25-22(15-23(26)29)21(16-27(31)35-25)19-8-6-5-7-9-19/h5-9,11-17,24,30H,3-4,10H2,1-2H3/t24-/m1/s1. The van der Waals surface area contributed by atoms with E-state index in [1.54, 1.807) is 18.2 Å². The molecule has 0 aliphatic rings. The first-order chi connectivity index (χ1) is 17.7. The van der Waals surface area contributed by atoms with Crippen LogP contribution in [0.3, 0.4) is 0 Å². The van der Waals surface area contributed by atoms with Gasteiger partial charge in [0.15, 0.2) is 5.75 Å². The molecular formula is C28H26ClNO6S. The predicted molar refractivity (Wildman–Crippen MR) is 143 cm³/mol. The molecule has 0 spiro atoms. The maximum Gasteiger partial charge on any atom is 0.336 e. The number of unbranched alkanes of at least 4 members (excludes halogenated alkanes) is 1. The van der Waals surface area contributed by atoms with E-state index in [9.17, 15) is 18.0 Å². The van der Waals surface area contributed by atoms with E-state index in [0.29, 0.717) is 17.4 Å². The molecule has 192 valence electrons. The zero-order chi connectivity index (χ0) is 26.6. The van der Waals surface area contributed by atoms with Crippen LogP contribution >= 0.6 is 11.6 Å². The molecule has 0 amide bonds. The molecule has 0 saturated carbocycles. The minimum Gasteiger partial charge on any atom is -0.424 e. The van der Waals surface area contributed by atoms with E-state index in [1.165, 1.54) is 24.3 Å². The number of sulfonamides is 1. The molecule has 0 unspecified atom stereocenters. The van der Waals surface area contributed by atoms with Crippen molar-refractivity contribution < 1.29 is 22.4 Å².